The van der Waals surface area contributed by atoms with Gasteiger partial charge in [0.15, 0.2) is 4.21 Å². The molecular weight excluding hydrogens is 485 g/mol. The van der Waals surface area contributed by atoms with Gasteiger partial charge in [0.05, 0.1) is 29.1 Å². The predicted octanol–water partition coefficient (Wildman–Crippen LogP) is 4.63. The molecule has 1 atom stereocenters. The molecule has 1 aliphatic heterocycles. The summed E-state index contributed by atoms with van der Waals surface area (Å²) in [5.74, 6) is 0.163. The van der Waals surface area contributed by atoms with Crippen molar-refractivity contribution in [3.63, 3.8) is 0 Å². The number of benzene rings is 2. The second-order valence-electron chi connectivity index (χ2n) is 9.39. The maximum atomic E-state index is 13.4. The van der Waals surface area contributed by atoms with Crippen molar-refractivity contribution in [3.05, 3.63) is 71.2 Å². The first-order valence-corrected chi connectivity index (χ1v) is 13.9. The van der Waals surface area contributed by atoms with Crippen LogP contribution >= 0.6 is 11.3 Å². The summed E-state index contributed by atoms with van der Waals surface area (Å²) in [5, 5.41) is 5.51. The van der Waals surface area contributed by atoms with Gasteiger partial charge in [-0.05, 0) is 60.4 Å². The summed E-state index contributed by atoms with van der Waals surface area (Å²) in [6, 6.07) is 10.4. The summed E-state index contributed by atoms with van der Waals surface area (Å²) in [4.78, 5) is 6.36. The number of halogens is 1. The average Bonchev–Trinajstić information content (AvgIpc) is 3.50. The third kappa shape index (κ3) is 4.63. The number of hydrogen-bond donors (Lipinski definition) is 0. The Kier molecular flexibility index (Phi) is 6.47. The molecule has 1 aliphatic rings. The van der Waals surface area contributed by atoms with Crippen LogP contribution < -0.4 is 0 Å². The molecule has 3 heterocycles. The van der Waals surface area contributed by atoms with E-state index in [0.717, 1.165) is 45.6 Å². The van der Waals surface area contributed by atoms with Crippen molar-refractivity contribution in [1.29, 1.82) is 0 Å². The molecule has 0 amide bonds. The molecule has 10 heteroatoms. The van der Waals surface area contributed by atoms with E-state index in [-0.39, 0.29) is 16.1 Å². The molecule has 0 unspecified atom stereocenters. The Morgan fingerprint density at radius 2 is 1.91 bits per heavy atom. The van der Waals surface area contributed by atoms with Gasteiger partial charge in [-0.25, -0.2) is 17.5 Å². The monoisotopic (exact) mass is 513 g/mol. The van der Waals surface area contributed by atoms with E-state index in [1.165, 1.54) is 18.3 Å². The largest absolute Gasteiger partial charge is 0.293 e. The van der Waals surface area contributed by atoms with Crippen LogP contribution in [0.5, 0.6) is 0 Å². The highest BCUT2D eigenvalue weighted by molar-refractivity contribution is 7.91. The molecule has 35 heavy (non-hydrogen) atoms. The van der Waals surface area contributed by atoms with Gasteiger partial charge in [-0.3, -0.25) is 9.88 Å². The Bertz CT molecular complexity index is 1430. The molecule has 1 fully saturated rings. The standard InChI is InChI=1S/C25H28FN5O2S2/c1-17(2)14-29-8-9-30(35(32,33)25-13-27-16-34-25)15-24(29)22-11-19-12-28-31(23(19)10-18(22)3)21-6-4-20(26)5-7-21/h4-7,10-13,16-17,24H,8-9,14-15H2,1-3H3/t24-/m0/s1. The molecule has 184 valence electrons. The van der Waals surface area contributed by atoms with Gasteiger partial charge in [-0.1, -0.05) is 13.8 Å². The first kappa shape index (κ1) is 24.1. The summed E-state index contributed by atoms with van der Waals surface area (Å²) < 4.78 is 43.6. The number of aromatic nitrogens is 3. The van der Waals surface area contributed by atoms with Crippen LogP contribution in [-0.2, 0) is 10.0 Å². The molecule has 0 bridgehead atoms. The minimum absolute atomic E-state index is 0.0765. The fourth-order valence-electron chi connectivity index (χ4n) is 4.80. The number of thiazole rings is 1. The zero-order chi connectivity index (χ0) is 24.7. The van der Waals surface area contributed by atoms with E-state index in [1.54, 1.807) is 26.6 Å². The molecule has 7 nitrogen and oxygen atoms in total. The fourth-order valence-corrected chi connectivity index (χ4v) is 7.19. The maximum Gasteiger partial charge on any atom is 0.254 e. The van der Waals surface area contributed by atoms with Crippen molar-refractivity contribution < 1.29 is 12.8 Å². The molecule has 0 aliphatic carbocycles. The normalized spacial score (nSPS) is 18.0. The first-order chi connectivity index (χ1) is 16.7. The molecule has 4 aromatic rings. The van der Waals surface area contributed by atoms with E-state index in [1.807, 2.05) is 6.20 Å². The summed E-state index contributed by atoms with van der Waals surface area (Å²) in [7, 11) is -3.59. The molecule has 0 radical (unpaired) electrons. The minimum Gasteiger partial charge on any atom is -0.293 e. The fraction of sp³-hybridized carbons (Fsp3) is 0.360. The smallest absolute Gasteiger partial charge is 0.254 e. The van der Waals surface area contributed by atoms with E-state index < -0.39 is 10.0 Å². The van der Waals surface area contributed by atoms with E-state index in [9.17, 15) is 12.8 Å². The second kappa shape index (κ2) is 9.42. The maximum absolute atomic E-state index is 13.4. The van der Waals surface area contributed by atoms with Crippen LogP contribution in [-0.4, -0.2) is 58.6 Å². The van der Waals surface area contributed by atoms with Crippen LogP contribution in [0.25, 0.3) is 16.6 Å². The topological polar surface area (TPSA) is 71.3 Å². The van der Waals surface area contributed by atoms with Crippen LogP contribution in [0.3, 0.4) is 0 Å². The minimum atomic E-state index is -3.59. The lowest BCUT2D eigenvalue weighted by Crippen LogP contribution is -2.51. The van der Waals surface area contributed by atoms with Crippen molar-refractivity contribution in [1.82, 2.24) is 24.0 Å². The number of rotatable bonds is 6. The molecule has 0 N–H and O–H groups in total. The van der Waals surface area contributed by atoms with Crippen LogP contribution in [0, 0.1) is 18.7 Å². The zero-order valence-corrected chi connectivity index (χ0v) is 21.6. The molecule has 5 rings (SSSR count). The van der Waals surface area contributed by atoms with E-state index in [4.69, 9.17) is 0 Å². The SMILES string of the molecule is Cc1cc2c(cnn2-c2ccc(F)cc2)cc1[C@@H]1CN(S(=O)(=O)c2cncs2)CCN1CC(C)C. The molecule has 1 saturated heterocycles. The highest BCUT2D eigenvalue weighted by atomic mass is 32.2. The van der Waals surface area contributed by atoms with Gasteiger partial charge in [0, 0.05) is 37.6 Å². The number of sulfonamides is 1. The summed E-state index contributed by atoms with van der Waals surface area (Å²) >= 11 is 1.15. The highest BCUT2D eigenvalue weighted by Gasteiger charge is 2.36. The van der Waals surface area contributed by atoms with Gasteiger partial charge < -0.3 is 0 Å². The molecule has 0 spiro atoms. The molecular formula is C25H28FN5O2S2. The number of nitrogens with zero attached hydrogens (tertiary/aromatic N) is 5. The summed E-state index contributed by atoms with van der Waals surface area (Å²) in [5.41, 5.74) is 5.43. The second-order valence-corrected chi connectivity index (χ2v) is 12.4. The lowest BCUT2D eigenvalue weighted by Gasteiger charge is -2.42. The van der Waals surface area contributed by atoms with Gasteiger partial charge in [0.2, 0.25) is 0 Å². The Balaban J connectivity index is 1.53. The highest BCUT2D eigenvalue weighted by Crippen LogP contribution is 2.34. The Morgan fingerprint density at radius 3 is 2.60 bits per heavy atom. The Hall–Kier alpha value is -2.66. The van der Waals surface area contributed by atoms with Crippen LogP contribution in [0.15, 0.2) is 58.5 Å². The number of hydrogen-bond acceptors (Lipinski definition) is 6. The van der Waals surface area contributed by atoms with Crippen molar-refractivity contribution in [3.8, 4) is 5.69 Å². The Morgan fingerprint density at radius 1 is 1.14 bits per heavy atom. The predicted molar refractivity (Wildman–Crippen MR) is 136 cm³/mol. The molecule has 2 aromatic heterocycles. The lowest BCUT2D eigenvalue weighted by molar-refractivity contribution is 0.105. The van der Waals surface area contributed by atoms with Crippen molar-refractivity contribution in [2.45, 2.75) is 31.0 Å². The molecule has 2 aromatic carbocycles. The summed E-state index contributed by atoms with van der Waals surface area (Å²) in [6.07, 6.45) is 3.24. The van der Waals surface area contributed by atoms with Crippen molar-refractivity contribution in [2.24, 2.45) is 5.92 Å². The average molecular weight is 514 g/mol. The number of piperazine rings is 1. The van der Waals surface area contributed by atoms with E-state index >= 15 is 0 Å². The molecule has 0 saturated carbocycles. The van der Waals surface area contributed by atoms with Gasteiger partial charge in [0.1, 0.15) is 5.82 Å². The van der Waals surface area contributed by atoms with E-state index in [2.05, 4.69) is 47.9 Å². The van der Waals surface area contributed by atoms with Gasteiger partial charge in [0.25, 0.3) is 10.0 Å². The third-order valence-electron chi connectivity index (χ3n) is 6.44. The quantitative estimate of drug-likeness (QED) is 0.376. The lowest BCUT2D eigenvalue weighted by atomic mass is 9.96. The third-order valence-corrected chi connectivity index (χ3v) is 9.55. The van der Waals surface area contributed by atoms with Crippen molar-refractivity contribution >= 4 is 32.3 Å². The van der Waals surface area contributed by atoms with Gasteiger partial charge >= 0.3 is 0 Å². The first-order valence-electron chi connectivity index (χ1n) is 11.6. The Labute approximate surface area is 208 Å². The van der Waals surface area contributed by atoms with Crippen molar-refractivity contribution in [2.75, 3.05) is 26.2 Å². The zero-order valence-electron chi connectivity index (χ0n) is 19.9. The van der Waals surface area contributed by atoms with Crippen LogP contribution in [0.4, 0.5) is 4.39 Å². The van der Waals surface area contributed by atoms with Gasteiger partial charge in [-0.15, -0.1) is 11.3 Å². The number of fused-ring (bicyclic) bond motifs is 1. The van der Waals surface area contributed by atoms with E-state index in [0.29, 0.717) is 25.6 Å². The van der Waals surface area contributed by atoms with Crippen LogP contribution in [0.2, 0.25) is 0 Å². The summed E-state index contributed by atoms with van der Waals surface area (Å²) in [6.45, 7) is 8.79. The van der Waals surface area contributed by atoms with Crippen LogP contribution in [0.1, 0.15) is 31.0 Å². The number of aryl methyl sites for hydroxylation is 1. The van der Waals surface area contributed by atoms with Gasteiger partial charge in [-0.2, -0.15) is 9.40 Å².